The van der Waals surface area contributed by atoms with E-state index in [2.05, 4.69) is 6.92 Å². The van der Waals surface area contributed by atoms with E-state index in [9.17, 15) is 17.6 Å². The van der Waals surface area contributed by atoms with Crippen LogP contribution in [0.4, 0.5) is 4.39 Å². The van der Waals surface area contributed by atoms with Crippen LogP contribution in [0.5, 0.6) is 0 Å². The summed E-state index contributed by atoms with van der Waals surface area (Å²) in [6.45, 7) is 4.07. The summed E-state index contributed by atoms with van der Waals surface area (Å²) in [5.41, 5.74) is 0.545. The number of hydrogen-bond donors (Lipinski definition) is 0. The van der Waals surface area contributed by atoms with Crippen molar-refractivity contribution < 1.29 is 12.8 Å². The van der Waals surface area contributed by atoms with E-state index in [-0.39, 0.29) is 22.8 Å². The highest BCUT2D eigenvalue weighted by molar-refractivity contribution is 7.89. The monoisotopic (exact) mass is 543 g/mol. The number of nitrogens with zero attached hydrogens (tertiary/aromatic N) is 3. The van der Waals surface area contributed by atoms with Crippen LogP contribution in [0.25, 0.3) is 27.4 Å². The smallest absolute Gasteiger partial charge is 0.266 e. The van der Waals surface area contributed by atoms with Crippen LogP contribution >= 0.6 is 0 Å². The lowest BCUT2D eigenvalue weighted by atomic mass is 10.1. The molecule has 0 spiro atoms. The largest absolute Gasteiger partial charge is 0.268 e. The highest BCUT2D eigenvalue weighted by Gasteiger charge is 2.33. The molecule has 4 aromatic carbocycles. The fourth-order valence-corrected chi connectivity index (χ4v) is 6.57. The number of hydrogen-bond acceptors (Lipinski definition) is 4. The molecule has 1 aromatic heterocycles. The Balaban J connectivity index is 1.69. The van der Waals surface area contributed by atoms with E-state index in [0.29, 0.717) is 23.0 Å². The Morgan fingerprint density at radius 2 is 1.59 bits per heavy atom. The molecule has 0 aliphatic heterocycles. The normalized spacial score (nSPS) is 12.8. The number of para-hydroxylation sites is 1. The average Bonchev–Trinajstić information content (AvgIpc) is 2.95. The maximum Gasteiger partial charge on any atom is 0.266 e. The Bertz CT molecular complexity index is 1800. The zero-order chi connectivity index (χ0) is 27.6. The Labute approximate surface area is 227 Å². The second-order valence-electron chi connectivity index (χ2n) is 9.61. The topological polar surface area (TPSA) is 72.3 Å². The van der Waals surface area contributed by atoms with Crippen molar-refractivity contribution in [2.75, 3.05) is 6.54 Å². The Morgan fingerprint density at radius 1 is 0.897 bits per heavy atom. The van der Waals surface area contributed by atoms with Gasteiger partial charge in [-0.2, -0.15) is 4.31 Å². The van der Waals surface area contributed by atoms with Gasteiger partial charge in [-0.05, 0) is 72.6 Å². The standard InChI is InChI=1S/C31H30FN3O3S/c1-3-4-9-20-34(39(37,38)27-19-14-23-10-5-6-11-24(23)21-27)22(2)30-33-29-13-8-7-12-28(29)31(36)35(30)26-17-15-25(32)16-18-26/h5-8,10-19,21-22H,3-4,9,20H2,1-2H3. The summed E-state index contributed by atoms with van der Waals surface area (Å²) in [5.74, 6) is -0.165. The van der Waals surface area contributed by atoms with E-state index in [1.54, 1.807) is 49.4 Å². The number of rotatable bonds is 9. The van der Waals surface area contributed by atoms with Crippen molar-refractivity contribution in [1.29, 1.82) is 0 Å². The predicted molar refractivity (Wildman–Crippen MR) is 153 cm³/mol. The molecule has 5 rings (SSSR count). The first-order chi connectivity index (χ1) is 18.8. The van der Waals surface area contributed by atoms with Crippen LogP contribution in [0.3, 0.4) is 0 Å². The van der Waals surface area contributed by atoms with Gasteiger partial charge in [-0.15, -0.1) is 0 Å². The summed E-state index contributed by atoms with van der Waals surface area (Å²) in [5, 5.41) is 2.17. The van der Waals surface area contributed by atoms with Crippen LogP contribution in [0.1, 0.15) is 45.0 Å². The van der Waals surface area contributed by atoms with Gasteiger partial charge < -0.3 is 0 Å². The van der Waals surface area contributed by atoms with E-state index in [0.717, 1.165) is 23.6 Å². The third-order valence-corrected chi connectivity index (χ3v) is 8.97. The number of unbranched alkanes of at least 4 members (excludes halogenated alkanes) is 2. The molecule has 0 fully saturated rings. The summed E-state index contributed by atoms with van der Waals surface area (Å²) >= 11 is 0. The lowest BCUT2D eigenvalue weighted by molar-refractivity contribution is 0.320. The molecule has 1 heterocycles. The van der Waals surface area contributed by atoms with Crippen LogP contribution in [0.2, 0.25) is 0 Å². The van der Waals surface area contributed by atoms with Gasteiger partial charge in [0.25, 0.3) is 5.56 Å². The molecule has 6 nitrogen and oxygen atoms in total. The molecule has 0 N–H and O–H groups in total. The van der Waals surface area contributed by atoms with E-state index in [1.165, 1.54) is 33.1 Å². The van der Waals surface area contributed by atoms with Crippen molar-refractivity contribution in [3.63, 3.8) is 0 Å². The number of sulfonamides is 1. The molecule has 200 valence electrons. The van der Waals surface area contributed by atoms with Crippen molar-refractivity contribution >= 4 is 31.7 Å². The molecule has 0 saturated carbocycles. The zero-order valence-corrected chi connectivity index (χ0v) is 22.7. The van der Waals surface area contributed by atoms with Gasteiger partial charge in [-0.25, -0.2) is 17.8 Å². The molecule has 0 bridgehead atoms. The number of aromatic nitrogens is 2. The summed E-state index contributed by atoms with van der Waals surface area (Å²) < 4.78 is 45.0. The minimum absolute atomic E-state index is 0.181. The third-order valence-electron chi connectivity index (χ3n) is 7.00. The fourth-order valence-electron chi connectivity index (χ4n) is 4.90. The number of benzene rings is 4. The van der Waals surface area contributed by atoms with Crippen LogP contribution < -0.4 is 5.56 Å². The molecule has 0 aliphatic carbocycles. The van der Waals surface area contributed by atoms with Gasteiger partial charge in [0.05, 0.1) is 27.5 Å². The molecule has 1 unspecified atom stereocenters. The van der Waals surface area contributed by atoms with E-state index >= 15 is 0 Å². The van der Waals surface area contributed by atoms with Crippen molar-refractivity contribution in [3.05, 3.63) is 113 Å². The highest BCUT2D eigenvalue weighted by atomic mass is 32.2. The van der Waals surface area contributed by atoms with Gasteiger partial charge in [-0.3, -0.25) is 9.36 Å². The van der Waals surface area contributed by atoms with E-state index < -0.39 is 21.9 Å². The average molecular weight is 544 g/mol. The van der Waals surface area contributed by atoms with Crippen LogP contribution in [-0.2, 0) is 10.0 Å². The Kier molecular flexibility index (Phi) is 7.59. The first-order valence-corrected chi connectivity index (χ1v) is 14.5. The first-order valence-electron chi connectivity index (χ1n) is 13.1. The minimum atomic E-state index is -3.97. The summed E-state index contributed by atoms with van der Waals surface area (Å²) in [7, 11) is -3.97. The maximum atomic E-state index is 14.2. The second kappa shape index (κ2) is 11.1. The summed E-state index contributed by atoms with van der Waals surface area (Å²) in [4.78, 5) is 18.7. The second-order valence-corrected chi connectivity index (χ2v) is 11.5. The molecule has 0 saturated heterocycles. The molecule has 8 heteroatoms. The molecule has 0 aliphatic rings. The SMILES string of the molecule is CCCCCN(C(C)c1nc2ccccc2c(=O)n1-c1ccc(F)cc1)S(=O)(=O)c1ccc2ccccc2c1. The number of halogens is 1. The van der Waals surface area contributed by atoms with Crippen LogP contribution in [0.15, 0.2) is 101 Å². The van der Waals surface area contributed by atoms with Crippen molar-refractivity contribution in [2.45, 2.75) is 44.0 Å². The number of fused-ring (bicyclic) bond motifs is 2. The first kappa shape index (κ1) is 26.7. The quantitative estimate of drug-likeness (QED) is 0.196. The predicted octanol–water partition coefficient (Wildman–Crippen LogP) is 6.62. The third kappa shape index (κ3) is 5.22. The van der Waals surface area contributed by atoms with Gasteiger partial charge in [0.1, 0.15) is 11.6 Å². The van der Waals surface area contributed by atoms with E-state index in [1.807, 2.05) is 24.3 Å². The lowest BCUT2D eigenvalue weighted by Crippen LogP contribution is -2.38. The molecule has 39 heavy (non-hydrogen) atoms. The van der Waals surface area contributed by atoms with Crippen molar-refractivity contribution in [1.82, 2.24) is 13.9 Å². The van der Waals surface area contributed by atoms with Crippen molar-refractivity contribution in [2.24, 2.45) is 0 Å². The molecular weight excluding hydrogens is 513 g/mol. The fraction of sp³-hybridized carbons (Fsp3) is 0.226. The van der Waals surface area contributed by atoms with Gasteiger partial charge in [-0.1, -0.05) is 62.2 Å². The molecule has 5 aromatic rings. The molecule has 0 radical (unpaired) electrons. The molecule has 0 amide bonds. The highest BCUT2D eigenvalue weighted by Crippen LogP contribution is 2.30. The van der Waals surface area contributed by atoms with Gasteiger partial charge >= 0.3 is 0 Å². The van der Waals surface area contributed by atoms with Gasteiger partial charge in [0.2, 0.25) is 10.0 Å². The molecular formula is C31H30FN3O3S. The lowest BCUT2D eigenvalue weighted by Gasteiger charge is -2.30. The van der Waals surface area contributed by atoms with E-state index in [4.69, 9.17) is 4.98 Å². The van der Waals surface area contributed by atoms with Crippen LogP contribution in [-0.4, -0.2) is 28.8 Å². The summed E-state index contributed by atoms with van der Waals surface area (Å²) in [6, 6.07) is 24.5. The summed E-state index contributed by atoms with van der Waals surface area (Å²) in [6.07, 6.45) is 2.43. The Morgan fingerprint density at radius 3 is 2.33 bits per heavy atom. The van der Waals surface area contributed by atoms with Gasteiger partial charge in [0, 0.05) is 6.54 Å². The zero-order valence-electron chi connectivity index (χ0n) is 21.9. The van der Waals surface area contributed by atoms with Crippen LogP contribution in [0, 0.1) is 5.82 Å². The Hall–Kier alpha value is -3.88. The van der Waals surface area contributed by atoms with Crippen molar-refractivity contribution in [3.8, 4) is 5.69 Å². The molecule has 1 atom stereocenters. The minimum Gasteiger partial charge on any atom is -0.268 e. The maximum absolute atomic E-state index is 14.2. The van der Waals surface area contributed by atoms with Gasteiger partial charge in [0.15, 0.2) is 0 Å².